The van der Waals surface area contributed by atoms with Crippen molar-refractivity contribution in [3.8, 4) is 6.07 Å². The number of piperazine rings is 1. The number of nitrogens with zero attached hydrogens (tertiary/aromatic N) is 6. The van der Waals surface area contributed by atoms with Gasteiger partial charge in [-0.25, -0.2) is 9.37 Å². The minimum absolute atomic E-state index is 0.104. The lowest BCUT2D eigenvalue weighted by Gasteiger charge is -2.50. The van der Waals surface area contributed by atoms with Crippen LogP contribution in [0.25, 0.3) is 11.0 Å². The Kier molecular flexibility index (Phi) is 8.01. The summed E-state index contributed by atoms with van der Waals surface area (Å²) < 4.78 is 55.4. The summed E-state index contributed by atoms with van der Waals surface area (Å²) in [4.78, 5) is 26.2. The second kappa shape index (κ2) is 11.5. The lowest BCUT2D eigenvalue weighted by molar-refractivity contribution is -0.137. The Morgan fingerprint density at radius 1 is 1.02 bits per heavy atom. The summed E-state index contributed by atoms with van der Waals surface area (Å²) in [5.41, 5.74) is 2.14. The third-order valence-corrected chi connectivity index (χ3v) is 8.09. The van der Waals surface area contributed by atoms with E-state index in [4.69, 9.17) is 0 Å². The van der Waals surface area contributed by atoms with E-state index in [1.54, 1.807) is 37.4 Å². The van der Waals surface area contributed by atoms with Gasteiger partial charge in [-0.05, 0) is 54.8 Å². The minimum atomic E-state index is -4.52. The highest BCUT2D eigenvalue weighted by Crippen LogP contribution is 2.38. The predicted molar refractivity (Wildman–Crippen MR) is 151 cm³/mol. The van der Waals surface area contributed by atoms with Crippen molar-refractivity contribution in [1.29, 1.82) is 5.26 Å². The summed E-state index contributed by atoms with van der Waals surface area (Å²) in [7, 11) is 1.66. The largest absolute Gasteiger partial charge is 0.417 e. The molecular weight excluding hydrogens is 548 g/mol. The maximum atomic E-state index is 13.9. The normalized spacial score (nSPS) is 18.7. The molecule has 42 heavy (non-hydrogen) atoms. The predicted octanol–water partition coefficient (Wildman–Crippen LogP) is 5.83. The number of anilines is 1. The SMILES string of the molecule is CC[C@H]1CN(C(c2ccc(F)cc2)c2ccc(C(F)(F)F)cn2)[C@H](CC)CN1c1cc(=O)n(C)c2ccc(C#N)nc12. The zero-order valence-electron chi connectivity index (χ0n) is 23.4. The molecule has 7 nitrogen and oxygen atoms in total. The maximum Gasteiger partial charge on any atom is 0.417 e. The van der Waals surface area contributed by atoms with Gasteiger partial charge in [0.25, 0.3) is 5.56 Å². The van der Waals surface area contributed by atoms with Gasteiger partial charge in [0.1, 0.15) is 23.1 Å². The van der Waals surface area contributed by atoms with Gasteiger partial charge >= 0.3 is 6.18 Å². The van der Waals surface area contributed by atoms with Gasteiger partial charge in [0.2, 0.25) is 0 Å². The number of alkyl halides is 3. The van der Waals surface area contributed by atoms with Gasteiger partial charge in [-0.1, -0.05) is 26.0 Å². The summed E-state index contributed by atoms with van der Waals surface area (Å²) in [5.74, 6) is -0.414. The first-order valence-electron chi connectivity index (χ1n) is 13.8. The molecule has 0 saturated carbocycles. The van der Waals surface area contributed by atoms with Crippen LogP contribution < -0.4 is 10.5 Å². The standard InChI is InChI=1S/C31H30F4N6O/c1-4-23-18-41(30(19-6-9-21(32)10-7-19)25-12-8-20(16-37-25)31(33,34)35)24(5-2)17-40(23)27-14-28(42)39(3)26-13-11-22(15-36)38-29(26)27/h6-14,16,23-24,30H,4-5,17-18H2,1-3H3/t23-,24+,30?/m0/s1. The van der Waals surface area contributed by atoms with Crippen LogP contribution >= 0.6 is 0 Å². The van der Waals surface area contributed by atoms with Crippen molar-refractivity contribution in [2.45, 2.75) is 51.0 Å². The first kappa shape index (κ1) is 29.2. The van der Waals surface area contributed by atoms with E-state index in [1.807, 2.05) is 13.8 Å². The highest BCUT2D eigenvalue weighted by Gasteiger charge is 2.39. The number of hydrogen-bond acceptors (Lipinski definition) is 6. The van der Waals surface area contributed by atoms with Crippen molar-refractivity contribution in [2.75, 3.05) is 18.0 Å². The van der Waals surface area contributed by atoms with Crippen LogP contribution in [0.5, 0.6) is 0 Å². The van der Waals surface area contributed by atoms with Gasteiger partial charge < -0.3 is 9.47 Å². The van der Waals surface area contributed by atoms with Crippen LogP contribution in [0.1, 0.15) is 55.2 Å². The molecule has 0 aliphatic carbocycles. The second-order valence-electron chi connectivity index (χ2n) is 10.5. The molecule has 1 aliphatic rings. The molecule has 1 aromatic carbocycles. The number of nitriles is 1. The summed E-state index contributed by atoms with van der Waals surface area (Å²) in [6.45, 7) is 5.05. The molecule has 1 saturated heterocycles. The minimum Gasteiger partial charge on any atom is -0.364 e. The summed E-state index contributed by atoms with van der Waals surface area (Å²) in [6.07, 6.45) is -2.30. The van der Waals surface area contributed by atoms with Gasteiger partial charge in [-0.3, -0.25) is 14.7 Å². The third kappa shape index (κ3) is 5.46. The Hall–Kier alpha value is -4.30. The number of aromatic nitrogens is 3. The molecular formula is C31H30F4N6O. The van der Waals surface area contributed by atoms with Crippen LogP contribution in [-0.4, -0.2) is 44.6 Å². The fourth-order valence-electron chi connectivity index (χ4n) is 5.80. The lowest BCUT2D eigenvalue weighted by atomic mass is 9.93. The van der Waals surface area contributed by atoms with Crippen LogP contribution in [0.3, 0.4) is 0 Å². The van der Waals surface area contributed by atoms with E-state index in [-0.39, 0.29) is 23.3 Å². The molecule has 1 fully saturated rings. The Morgan fingerprint density at radius 2 is 1.74 bits per heavy atom. The first-order chi connectivity index (χ1) is 20.0. The molecule has 0 spiro atoms. The number of halogens is 4. The molecule has 0 amide bonds. The summed E-state index contributed by atoms with van der Waals surface area (Å²) in [6, 6.07) is 14.6. The van der Waals surface area contributed by atoms with Crippen molar-refractivity contribution in [1.82, 2.24) is 19.4 Å². The molecule has 3 aromatic heterocycles. The van der Waals surface area contributed by atoms with Gasteiger partial charge in [-0.15, -0.1) is 0 Å². The molecule has 0 N–H and O–H groups in total. The smallest absolute Gasteiger partial charge is 0.364 e. The number of aryl methyl sites for hydroxylation is 1. The number of benzene rings is 1. The topological polar surface area (TPSA) is 78.0 Å². The van der Waals surface area contributed by atoms with Crippen molar-refractivity contribution >= 4 is 16.7 Å². The molecule has 4 heterocycles. The first-order valence-corrected chi connectivity index (χ1v) is 13.8. The van der Waals surface area contributed by atoms with Gasteiger partial charge in [0.05, 0.1) is 28.5 Å². The Morgan fingerprint density at radius 3 is 2.33 bits per heavy atom. The third-order valence-electron chi connectivity index (χ3n) is 8.09. The van der Waals surface area contributed by atoms with Crippen molar-refractivity contribution in [2.24, 2.45) is 7.05 Å². The fraction of sp³-hybridized carbons (Fsp3) is 0.355. The zero-order chi connectivity index (χ0) is 30.2. The molecule has 1 unspecified atom stereocenters. The van der Waals surface area contributed by atoms with Gasteiger partial charge in [0, 0.05) is 44.5 Å². The van der Waals surface area contributed by atoms with Crippen LogP contribution in [0, 0.1) is 17.1 Å². The lowest BCUT2D eigenvalue weighted by Crippen LogP contribution is -2.59. The Bertz CT molecular complexity index is 1680. The Balaban J connectivity index is 1.60. The van der Waals surface area contributed by atoms with Crippen molar-refractivity contribution in [3.63, 3.8) is 0 Å². The fourth-order valence-corrected chi connectivity index (χ4v) is 5.80. The zero-order valence-corrected chi connectivity index (χ0v) is 23.4. The molecule has 5 rings (SSSR count). The van der Waals surface area contributed by atoms with E-state index in [9.17, 15) is 27.6 Å². The van der Waals surface area contributed by atoms with Crippen molar-refractivity contribution in [3.05, 3.63) is 99.5 Å². The van der Waals surface area contributed by atoms with E-state index >= 15 is 0 Å². The van der Waals surface area contributed by atoms with Crippen LogP contribution in [-0.2, 0) is 13.2 Å². The highest BCUT2D eigenvalue weighted by atomic mass is 19.4. The quantitative estimate of drug-likeness (QED) is 0.268. The van der Waals surface area contributed by atoms with E-state index < -0.39 is 23.6 Å². The molecule has 0 bridgehead atoms. The molecule has 1 aliphatic heterocycles. The molecule has 0 radical (unpaired) electrons. The van der Waals surface area contributed by atoms with E-state index in [1.165, 1.54) is 22.8 Å². The number of rotatable bonds is 6. The molecule has 4 aromatic rings. The highest BCUT2D eigenvalue weighted by molar-refractivity contribution is 5.89. The van der Waals surface area contributed by atoms with Crippen LogP contribution in [0.4, 0.5) is 23.2 Å². The van der Waals surface area contributed by atoms with E-state index in [0.29, 0.717) is 53.9 Å². The molecule has 3 atom stereocenters. The van der Waals surface area contributed by atoms with Gasteiger partial charge in [0.15, 0.2) is 0 Å². The number of fused-ring (bicyclic) bond motifs is 1. The maximum absolute atomic E-state index is 13.9. The van der Waals surface area contributed by atoms with Crippen LogP contribution in [0.2, 0.25) is 0 Å². The van der Waals surface area contributed by atoms with E-state index in [0.717, 1.165) is 12.3 Å². The van der Waals surface area contributed by atoms with Crippen LogP contribution in [0.15, 0.2) is 65.6 Å². The van der Waals surface area contributed by atoms with Crippen molar-refractivity contribution < 1.29 is 17.6 Å². The Labute approximate surface area is 240 Å². The average molecular weight is 579 g/mol. The second-order valence-corrected chi connectivity index (χ2v) is 10.5. The molecule has 218 valence electrons. The van der Waals surface area contributed by atoms with E-state index in [2.05, 4.69) is 25.8 Å². The van der Waals surface area contributed by atoms with Gasteiger partial charge in [-0.2, -0.15) is 18.4 Å². The number of pyridine rings is 3. The summed E-state index contributed by atoms with van der Waals surface area (Å²) >= 11 is 0. The number of hydrogen-bond donors (Lipinski definition) is 0. The molecule has 11 heteroatoms. The monoisotopic (exact) mass is 578 g/mol. The average Bonchev–Trinajstić information content (AvgIpc) is 2.99. The summed E-state index contributed by atoms with van der Waals surface area (Å²) in [5, 5.41) is 9.50.